The summed E-state index contributed by atoms with van der Waals surface area (Å²) in [6, 6.07) is 8.52. The van der Waals surface area contributed by atoms with Crippen LogP contribution in [0.5, 0.6) is 0 Å². The Balaban J connectivity index is 2.13. The second kappa shape index (κ2) is 5.67. The zero-order chi connectivity index (χ0) is 13.1. The first kappa shape index (κ1) is 13.3. The van der Waals surface area contributed by atoms with Crippen LogP contribution in [-0.2, 0) is 6.54 Å². The third-order valence-electron chi connectivity index (χ3n) is 2.41. The lowest BCUT2D eigenvalue weighted by atomic mass is 10.2. The summed E-state index contributed by atoms with van der Waals surface area (Å²) in [4.78, 5) is 0. The molecule has 0 unspecified atom stereocenters. The normalized spacial score (nSPS) is 10.4. The van der Waals surface area contributed by atoms with Crippen molar-refractivity contribution < 1.29 is 8.78 Å². The lowest BCUT2D eigenvalue weighted by Crippen LogP contribution is -2.01. The summed E-state index contributed by atoms with van der Waals surface area (Å²) < 4.78 is 26.7. The molecule has 0 aromatic heterocycles. The number of benzene rings is 2. The van der Waals surface area contributed by atoms with E-state index in [2.05, 4.69) is 21.2 Å². The van der Waals surface area contributed by atoms with E-state index in [9.17, 15) is 8.78 Å². The molecule has 0 bridgehead atoms. The highest BCUT2D eigenvalue weighted by atomic mass is 79.9. The summed E-state index contributed by atoms with van der Waals surface area (Å²) in [6.07, 6.45) is 0. The van der Waals surface area contributed by atoms with Crippen LogP contribution in [0.15, 0.2) is 40.9 Å². The maximum absolute atomic E-state index is 13.1. The maximum Gasteiger partial charge on any atom is 0.124 e. The summed E-state index contributed by atoms with van der Waals surface area (Å²) in [5, 5.41) is 3.32. The number of hydrogen-bond acceptors (Lipinski definition) is 1. The molecule has 2 aromatic carbocycles. The summed E-state index contributed by atoms with van der Waals surface area (Å²) in [7, 11) is 0. The van der Waals surface area contributed by atoms with Gasteiger partial charge in [0.1, 0.15) is 11.6 Å². The van der Waals surface area contributed by atoms with Crippen molar-refractivity contribution >= 4 is 33.2 Å². The van der Waals surface area contributed by atoms with E-state index in [1.54, 1.807) is 12.1 Å². The predicted molar refractivity (Wildman–Crippen MR) is 72.8 cm³/mol. The van der Waals surface area contributed by atoms with Gasteiger partial charge in [-0.3, -0.25) is 0 Å². The first-order valence-corrected chi connectivity index (χ1v) is 6.36. The van der Waals surface area contributed by atoms with Gasteiger partial charge in [0.2, 0.25) is 0 Å². The number of hydrogen-bond donors (Lipinski definition) is 1. The highest BCUT2D eigenvalue weighted by molar-refractivity contribution is 9.10. The van der Waals surface area contributed by atoms with E-state index in [1.165, 1.54) is 24.3 Å². The van der Waals surface area contributed by atoms with Gasteiger partial charge in [0.05, 0.1) is 10.7 Å². The van der Waals surface area contributed by atoms with Gasteiger partial charge in [-0.15, -0.1) is 0 Å². The van der Waals surface area contributed by atoms with E-state index < -0.39 is 5.82 Å². The van der Waals surface area contributed by atoms with Gasteiger partial charge in [-0.1, -0.05) is 27.5 Å². The third kappa shape index (κ3) is 3.21. The van der Waals surface area contributed by atoms with E-state index in [-0.39, 0.29) is 5.82 Å². The predicted octanol–water partition coefficient (Wildman–Crippen LogP) is 4.99. The first-order chi connectivity index (χ1) is 8.56. The van der Waals surface area contributed by atoms with Crippen LogP contribution >= 0.6 is 27.5 Å². The van der Waals surface area contributed by atoms with Crippen molar-refractivity contribution in [2.24, 2.45) is 0 Å². The monoisotopic (exact) mass is 331 g/mol. The molecule has 0 amide bonds. The average molecular weight is 333 g/mol. The molecule has 0 fully saturated rings. The molecule has 0 saturated heterocycles. The van der Waals surface area contributed by atoms with Crippen LogP contribution in [0.4, 0.5) is 14.5 Å². The molecule has 0 aliphatic rings. The van der Waals surface area contributed by atoms with Gasteiger partial charge in [0, 0.05) is 11.0 Å². The fourth-order valence-corrected chi connectivity index (χ4v) is 2.12. The van der Waals surface area contributed by atoms with Crippen LogP contribution in [0.1, 0.15) is 5.56 Å². The van der Waals surface area contributed by atoms with E-state index in [0.29, 0.717) is 17.3 Å². The van der Waals surface area contributed by atoms with Crippen LogP contribution in [-0.4, -0.2) is 0 Å². The second-order valence-corrected chi connectivity index (χ2v) is 4.97. The minimum atomic E-state index is -0.391. The van der Waals surface area contributed by atoms with Crippen molar-refractivity contribution in [3.63, 3.8) is 0 Å². The Morgan fingerprint density at radius 2 is 1.72 bits per heavy atom. The molecule has 18 heavy (non-hydrogen) atoms. The molecule has 94 valence electrons. The Kier molecular flexibility index (Phi) is 4.19. The standard InChI is InChI=1S/C13H9BrClF2N/c14-11-3-1-9(16)5-8(11)7-18-13-4-2-10(17)6-12(13)15/h1-6,18H,7H2. The van der Waals surface area contributed by atoms with Gasteiger partial charge < -0.3 is 5.32 Å². The van der Waals surface area contributed by atoms with Gasteiger partial charge in [-0.2, -0.15) is 0 Å². The van der Waals surface area contributed by atoms with Crippen LogP contribution < -0.4 is 5.32 Å². The SMILES string of the molecule is Fc1ccc(NCc2cc(F)ccc2Br)c(Cl)c1. The van der Waals surface area contributed by atoms with Gasteiger partial charge in [-0.05, 0) is 42.0 Å². The Morgan fingerprint density at radius 1 is 1.06 bits per heavy atom. The van der Waals surface area contributed by atoms with Crippen LogP contribution in [0.25, 0.3) is 0 Å². The van der Waals surface area contributed by atoms with E-state index in [4.69, 9.17) is 11.6 Å². The molecule has 5 heteroatoms. The summed E-state index contributed by atoms with van der Waals surface area (Å²) in [5.74, 6) is -0.697. The van der Waals surface area contributed by atoms with E-state index in [1.807, 2.05) is 0 Å². The van der Waals surface area contributed by atoms with Crippen LogP contribution in [0, 0.1) is 11.6 Å². The summed E-state index contributed by atoms with van der Waals surface area (Å²) in [5.41, 5.74) is 1.37. The van der Waals surface area contributed by atoms with Crippen molar-refractivity contribution in [1.29, 1.82) is 0 Å². The summed E-state index contributed by atoms with van der Waals surface area (Å²) in [6.45, 7) is 0.393. The lowest BCUT2D eigenvalue weighted by molar-refractivity contribution is 0.625. The van der Waals surface area contributed by atoms with Gasteiger partial charge in [0.15, 0.2) is 0 Å². The molecule has 0 radical (unpaired) electrons. The molecule has 0 aliphatic heterocycles. The fraction of sp³-hybridized carbons (Fsp3) is 0.0769. The molecule has 2 aromatic rings. The second-order valence-electron chi connectivity index (χ2n) is 3.71. The molecule has 0 aliphatic carbocycles. The van der Waals surface area contributed by atoms with Crippen molar-refractivity contribution in [3.05, 3.63) is 63.1 Å². The number of nitrogens with one attached hydrogen (secondary N) is 1. The molecule has 2 rings (SSSR count). The highest BCUT2D eigenvalue weighted by Crippen LogP contribution is 2.24. The Labute approximate surface area is 117 Å². The van der Waals surface area contributed by atoms with Crippen LogP contribution in [0.2, 0.25) is 5.02 Å². The van der Waals surface area contributed by atoms with E-state index in [0.717, 1.165) is 10.0 Å². The van der Waals surface area contributed by atoms with Crippen molar-refractivity contribution in [2.45, 2.75) is 6.54 Å². The quantitative estimate of drug-likeness (QED) is 0.834. The lowest BCUT2D eigenvalue weighted by Gasteiger charge is -2.10. The molecular formula is C13H9BrClF2N. The molecule has 0 atom stereocenters. The number of halogens is 4. The minimum Gasteiger partial charge on any atom is -0.380 e. The van der Waals surface area contributed by atoms with Crippen molar-refractivity contribution in [1.82, 2.24) is 0 Å². The summed E-state index contributed by atoms with van der Waals surface area (Å²) >= 11 is 9.21. The topological polar surface area (TPSA) is 12.0 Å². The zero-order valence-electron chi connectivity index (χ0n) is 9.18. The fourth-order valence-electron chi connectivity index (χ4n) is 1.50. The molecule has 1 N–H and O–H groups in total. The third-order valence-corrected chi connectivity index (χ3v) is 3.49. The van der Waals surface area contributed by atoms with Crippen molar-refractivity contribution in [2.75, 3.05) is 5.32 Å². The smallest absolute Gasteiger partial charge is 0.124 e. The molecule has 0 saturated carbocycles. The molecule has 0 spiro atoms. The van der Waals surface area contributed by atoms with Crippen molar-refractivity contribution in [3.8, 4) is 0 Å². The van der Waals surface area contributed by atoms with Gasteiger partial charge in [0.25, 0.3) is 0 Å². The highest BCUT2D eigenvalue weighted by Gasteiger charge is 2.04. The average Bonchev–Trinajstić information content (AvgIpc) is 2.32. The molecular weight excluding hydrogens is 324 g/mol. The maximum atomic E-state index is 13.1. The Bertz CT molecular complexity index is 575. The molecule has 1 nitrogen and oxygen atoms in total. The number of anilines is 1. The molecule has 0 heterocycles. The Morgan fingerprint density at radius 3 is 2.44 bits per heavy atom. The van der Waals surface area contributed by atoms with Gasteiger partial charge >= 0.3 is 0 Å². The van der Waals surface area contributed by atoms with Gasteiger partial charge in [-0.25, -0.2) is 8.78 Å². The van der Waals surface area contributed by atoms with Crippen LogP contribution in [0.3, 0.4) is 0 Å². The number of rotatable bonds is 3. The first-order valence-electron chi connectivity index (χ1n) is 5.19. The largest absolute Gasteiger partial charge is 0.380 e. The Hall–Kier alpha value is -1.13. The van der Waals surface area contributed by atoms with E-state index >= 15 is 0 Å². The minimum absolute atomic E-state index is 0.294. The zero-order valence-corrected chi connectivity index (χ0v) is 11.5.